The average Bonchev–Trinajstić information content (AvgIpc) is 2.30. The number of hydrogen-bond donors (Lipinski definition) is 0. The van der Waals surface area contributed by atoms with Gasteiger partial charge in [0.2, 0.25) is 0 Å². The van der Waals surface area contributed by atoms with Gasteiger partial charge in [0.15, 0.2) is 0 Å². The van der Waals surface area contributed by atoms with Gasteiger partial charge in [-0.15, -0.1) is 0 Å². The van der Waals surface area contributed by atoms with Crippen molar-refractivity contribution in [1.82, 2.24) is 0 Å². The summed E-state index contributed by atoms with van der Waals surface area (Å²) in [5.41, 5.74) is 0. The Morgan fingerprint density at radius 2 is 0.257 bits per heavy atom. The Bertz CT molecular complexity index is 374. The van der Waals surface area contributed by atoms with E-state index in [1.807, 2.05) is 0 Å². The van der Waals surface area contributed by atoms with E-state index in [1.165, 1.54) is 0 Å². The standard InChI is InChI=1S/Cu.8NO3.Zn.Zr/c;8*2-1(3)4;;/q+2;8*-1;+2;+4. The Labute approximate surface area is 225 Å². The maximum Gasteiger partial charge on any atom is 4.00 e. The number of nitrogens with zero attached hydrogens (tertiary/aromatic N) is 8. The fourth-order valence-electron chi connectivity index (χ4n) is 0. The molecule has 0 bridgehead atoms. The van der Waals surface area contributed by atoms with Gasteiger partial charge < -0.3 is 123 Å². The van der Waals surface area contributed by atoms with Crippen molar-refractivity contribution in [2.75, 3.05) is 0 Å². The minimum atomic E-state index is -1.75. The molecule has 0 aromatic heterocycles. The molecule has 32 nitrogen and oxygen atoms in total. The van der Waals surface area contributed by atoms with Crippen LogP contribution in [-0.2, 0) is 62.8 Å². The first-order valence-electron chi connectivity index (χ1n) is 4.38. The van der Waals surface area contributed by atoms with Gasteiger partial charge in [0.05, 0.1) is 40.7 Å². The van der Waals surface area contributed by atoms with Gasteiger partial charge in [-0.1, -0.05) is 0 Å². The van der Waals surface area contributed by atoms with Crippen molar-refractivity contribution >= 4 is 0 Å². The van der Waals surface area contributed by atoms with Crippen molar-refractivity contribution < 1.29 is 103 Å². The topological polar surface area (TPSA) is 530 Å². The Kier molecular flexibility index (Phi) is 126. The van der Waals surface area contributed by atoms with Crippen molar-refractivity contribution in [2.24, 2.45) is 0 Å². The molecular weight excluding hydrogens is 716 g/mol. The zero-order valence-electron chi connectivity index (χ0n) is 14.9. The molecule has 0 saturated carbocycles. The van der Waals surface area contributed by atoms with Crippen LogP contribution in [0.4, 0.5) is 0 Å². The predicted octanol–water partition coefficient (Wildman–Crippen LogP) is -1.92. The van der Waals surface area contributed by atoms with Gasteiger partial charge in [-0.25, -0.2) is 0 Å². The van der Waals surface area contributed by atoms with Gasteiger partial charge in [-0.2, -0.15) is 0 Å². The van der Waals surface area contributed by atoms with Crippen LogP contribution >= 0.6 is 0 Å². The van der Waals surface area contributed by atoms with E-state index in [0.717, 1.165) is 0 Å². The quantitative estimate of drug-likeness (QED) is 0.150. The molecule has 35 heavy (non-hydrogen) atoms. The molecule has 0 heterocycles. The molecule has 0 atom stereocenters. The van der Waals surface area contributed by atoms with Crippen LogP contribution in [0.5, 0.6) is 0 Å². The van der Waals surface area contributed by atoms with Crippen LogP contribution in [0.1, 0.15) is 0 Å². The van der Waals surface area contributed by atoms with Crippen LogP contribution in [0.25, 0.3) is 0 Å². The SMILES string of the molecule is O=[N+]([O-])[O-].O=[N+]([O-])[O-].O=[N+]([O-])[O-].O=[N+]([O-])[O-].O=[N+]([O-])[O-].O=[N+]([O-])[O-].O=[N+]([O-])[O-].O=[N+]([O-])[O-].[Cu+2].[Zn+2].[Zr+4]. The van der Waals surface area contributed by atoms with Gasteiger partial charge in [-0.05, 0) is 0 Å². The van der Waals surface area contributed by atoms with Crippen LogP contribution < -0.4 is 0 Å². The predicted molar refractivity (Wildman–Crippen MR) is 82.9 cm³/mol. The molecule has 0 spiro atoms. The molecule has 0 N–H and O–H groups in total. The number of rotatable bonds is 0. The molecule has 0 aliphatic rings. The summed E-state index contributed by atoms with van der Waals surface area (Å²) in [4.78, 5) is 66.0. The molecule has 201 valence electrons. The van der Waals surface area contributed by atoms with Crippen LogP contribution in [-0.4, -0.2) is 40.7 Å². The Morgan fingerprint density at radius 1 is 0.257 bits per heavy atom. The monoisotopic (exact) mass is 713 g/mol. The fourth-order valence-corrected chi connectivity index (χ4v) is 0. The third kappa shape index (κ3) is 1180. The number of hydrogen-bond acceptors (Lipinski definition) is 24. The minimum absolute atomic E-state index is 0. The van der Waals surface area contributed by atoms with Crippen molar-refractivity contribution in [3.8, 4) is 0 Å². The van der Waals surface area contributed by atoms with Crippen molar-refractivity contribution in [2.45, 2.75) is 0 Å². The second kappa shape index (κ2) is 63.0. The van der Waals surface area contributed by atoms with E-state index in [-0.39, 0.29) is 62.8 Å². The van der Waals surface area contributed by atoms with Crippen LogP contribution in [0, 0.1) is 123 Å². The van der Waals surface area contributed by atoms with Crippen LogP contribution in [0.3, 0.4) is 0 Å². The van der Waals surface area contributed by atoms with E-state index < -0.39 is 40.7 Å². The van der Waals surface area contributed by atoms with E-state index in [9.17, 15) is 0 Å². The summed E-state index contributed by atoms with van der Waals surface area (Å²) in [6, 6.07) is 0. The van der Waals surface area contributed by atoms with Gasteiger partial charge in [0, 0.05) is 0 Å². The molecule has 0 aromatic carbocycles. The van der Waals surface area contributed by atoms with Gasteiger partial charge in [0.1, 0.15) is 0 Å². The smallest absolute Gasteiger partial charge is 0.356 e. The van der Waals surface area contributed by atoms with Crippen LogP contribution in [0.2, 0.25) is 0 Å². The maximum atomic E-state index is 8.25. The molecular formula is CuN8O24ZnZr. The summed E-state index contributed by atoms with van der Waals surface area (Å²) in [5, 5.41) is 118. The van der Waals surface area contributed by atoms with Gasteiger partial charge >= 0.3 is 62.8 Å². The molecule has 0 unspecified atom stereocenters. The third-order valence-electron chi connectivity index (χ3n) is 0. The van der Waals surface area contributed by atoms with E-state index in [2.05, 4.69) is 0 Å². The summed E-state index contributed by atoms with van der Waals surface area (Å²) in [6.07, 6.45) is 0. The second-order valence-corrected chi connectivity index (χ2v) is 1.79. The van der Waals surface area contributed by atoms with Gasteiger partial charge in [-0.3, -0.25) is 0 Å². The summed E-state index contributed by atoms with van der Waals surface area (Å²) in [6.45, 7) is 0. The fraction of sp³-hybridized carbons (Fsp3) is 0. The van der Waals surface area contributed by atoms with E-state index in [4.69, 9.17) is 123 Å². The molecule has 35 heteroatoms. The Balaban J connectivity index is -0.0000000206. The Hall–Kier alpha value is -4.37. The minimum Gasteiger partial charge on any atom is -0.356 e. The average molecular weight is 716 g/mol. The molecule has 0 aromatic rings. The summed E-state index contributed by atoms with van der Waals surface area (Å²) in [7, 11) is 0. The molecule has 0 amide bonds. The molecule has 0 saturated heterocycles. The largest absolute Gasteiger partial charge is 4.00 e. The molecule has 1 radical (unpaired) electrons. The summed E-state index contributed by atoms with van der Waals surface area (Å²) >= 11 is 0. The van der Waals surface area contributed by atoms with Crippen molar-refractivity contribution in [1.29, 1.82) is 0 Å². The van der Waals surface area contributed by atoms with Gasteiger partial charge in [0.25, 0.3) is 0 Å². The Morgan fingerprint density at radius 3 is 0.257 bits per heavy atom. The zero-order valence-corrected chi connectivity index (χ0v) is 21.3. The van der Waals surface area contributed by atoms with Crippen molar-refractivity contribution in [3.05, 3.63) is 123 Å². The van der Waals surface area contributed by atoms with E-state index in [1.54, 1.807) is 0 Å². The first-order chi connectivity index (χ1) is 13.9. The van der Waals surface area contributed by atoms with Crippen molar-refractivity contribution in [3.63, 3.8) is 0 Å². The summed E-state index contributed by atoms with van der Waals surface area (Å²) < 4.78 is 0. The van der Waals surface area contributed by atoms with E-state index >= 15 is 0 Å². The second-order valence-electron chi connectivity index (χ2n) is 1.79. The first-order valence-corrected chi connectivity index (χ1v) is 4.38. The molecule has 0 fully saturated rings. The van der Waals surface area contributed by atoms with Crippen LogP contribution in [0.15, 0.2) is 0 Å². The normalized spacial score (nSPS) is 5.49. The first kappa shape index (κ1) is 69.8. The summed E-state index contributed by atoms with van der Waals surface area (Å²) in [5.74, 6) is 0. The zero-order chi connectivity index (χ0) is 28.6. The molecule has 0 aliphatic heterocycles. The maximum absolute atomic E-state index is 8.25. The molecule has 0 aliphatic carbocycles. The van der Waals surface area contributed by atoms with E-state index in [0.29, 0.717) is 0 Å². The molecule has 0 rings (SSSR count). The third-order valence-corrected chi connectivity index (χ3v) is 0.